The van der Waals surface area contributed by atoms with E-state index in [4.69, 9.17) is 32.1 Å². The van der Waals surface area contributed by atoms with Gasteiger partial charge in [0.1, 0.15) is 95.5 Å². The summed E-state index contributed by atoms with van der Waals surface area (Å²) >= 11 is 0. The van der Waals surface area contributed by atoms with Crippen molar-refractivity contribution in [3.8, 4) is 62.6 Å². The third-order valence-electron chi connectivity index (χ3n) is 22.7. The smallest absolute Gasteiger partial charge is 0.297 e. The second-order valence-corrected chi connectivity index (χ2v) is 32.0. The van der Waals surface area contributed by atoms with Crippen molar-refractivity contribution in [1.82, 2.24) is 47.8 Å². The van der Waals surface area contributed by atoms with Crippen LogP contribution >= 0.6 is 0 Å². The van der Waals surface area contributed by atoms with Gasteiger partial charge in [-0.15, -0.1) is 0 Å². The molecular formula is C98H98N15O5+5. The highest BCUT2D eigenvalue weighted by Gasteiger charge is 2.31. The van der Waals surface area contributed by atoms with Crippen LogP contribution in [0.5, 0.6) is 0 Å². The van der Waals surface area contributed by atoms with Gasteiger partial charge in [-0.05, 0) is 160 Å². The van der Waals surface area contributed by atoms with Crippen LogP contribution in [0.15, 0.2) is 248 Å². The summed E-state index contributed by atoms with van der Waals surface area (Å²) in [6, 6.07) is 52.4. The van der Waals surface area contributed by atoms with E-state index >= 15 is 0 Å². The number of furan rings is 5. The molecule has 0 aliphatic carbocycles. The molecule has 20 nitrogen and oxygen atoms in total. The van der Waals surface area contributed by atoms with E-state index in [1.807, 2.05) is 31.2 Å². The maximum Gasteiger partial charge on any atom is 0.297 e. The van der Waals surface area contributed by atoms with Crippen LogP contribution in [0.3, 0.4) is 0 Å². The summed E-state index contributed by atoms with van der Waals surface area (Å²) < 4.78 is 52.2. The molecule has 20 heteroatoms. The van der Waals surface area contributed by atoms with Crippen molar-refractivity contribution < 1.29 is 44.9 Å². The number of rotatable bonds is 9. The molecule has 0 radical (unpaired) electrons. The van der Waals surface area contributed by atoms with Gasteiger partial charge in [0.15, 0.2) is 27.9 Å². The first-order chi connectivity index (χ1) is 56.9. The summed E-state index contributed by atoms with van der Waals surface area (Å²) in [5.74, 6) is 6.55. The Morgan fingerprint density at radius 1 is 0.314 bits per heavy atom. The lowest BCUT2D eigenvalue weighted by Gasteiger charge is -2.06. The van der Waals surface area contributed by atoms with Gasteiger partial charge in [-0.1, -0.05) is 107 Å². The molecule has 0 fully saturated rings. The molecule has 6 aromatic carbocycles. The molecule has 590 valence electrons. The molecular weight excluding hydrogens is 1470 g/mol. The predicted octanol–water partition coefficient (Wildman–Crippen LogP) is 19.7. The van der Waals surface area contributed by atoms with E-state index in [2.05, 4.69) is 376 Å². The minimum Gasteiger partial charge on any atom is -0.437 e. The van der Waals surface area contributed by atoms with E-state index in [1.54, 1.807) is 12.4 Å². The molecule has 0 aliphatic rings. The molecule has 0 amide bonds. The molecule has 21 rings (SSSR count). The molecule has 118 heavy (non-hydrogen) atoms. The highest BCUT2D eigenvalue weighted by Crippen LogP contribution is 2.43. The van der Waals surface area contributed by atoms with Gasteiger partial charge in [0, 0.05) is 83.3 Å². The Morgan fingerprint density at radius 2 is 0.636 bits per heavy atom. The van der Waals surface area contributed by atoms with Gasteiger partial charge < -0.3 is 22.1 Å². The van der Waals surface area contributed by atoms with Crippen molar-refractivity contribution in [1.29, 1.82) is 0 Å². The quantitative estimate of drug-likeness (QED) is 0.127. The molecule has 0 saturated carbocycles. The number of nitrogens with zero attached hydrogens (tertiary/aromatic N) is 15. The molecule has 0 spiro atoms. The fourth-order valence-corrected chi connectivity index (χ4v) is 16.7. The Balaban J connectivity index is 0.000000106. The average Bonchev–Trinajstić information content (AvgIpc) is 1.62. The molecule has 0 N–H and O–H groups in total. The standard InChI is InChI=1S/C22H18N3O.C21H24N3O.C20H22N3O.C18H18N3O.C17H16N3O/c1-15-10-11-17-18-9-6-12-23-21(18)26-20(17)19(15)22-24(2)13-14-25(22)16-7-4-3-5-8-16;1-13(2)12-15-7-9-17-16-8-6-14(3)18(19(16)25-20(17)22-15)21-23(4)10-11-24(21)5;1-12(2)16-9-8-15-14-7-6-13(3)17(18(14)24-19(15)21-16)20-22(4)10-11-23(20)5;1-11-5-7-13-14-8-6-12(2)19-17(14)22-16(13)15(11)18-20(3)9-10-21(18)4;1-11-6-7-12-13-5-4-8-18-16(13)21-15(12)14(11)17-19(2)9-10-20(17)3/h3-14H,1-2H3;6-11,13H,12H2,1-5H3;6-12H,1-5H3;5-10H,1-4H3;4-10H,1-3H3/q5*+1. The molecule has 0 aliphatic heterocycles. The van der Waals surface area contributed by atoms with E-state index < -0.39 is 0 Å². The van der Waals surface area contributed by atoms with Crippen molar-refractivity contribution >= 4 is 110 Å². The highest BCUT2D eigenvalue weighted by atomic mass is 16.4. The Bertz CT molecular complexity index is 7370. The van der Waals surface area contributed by atoms with Crippen LogP contribution in [0.1, 0.15) is 78.5 Å². The van der Waals surface area contributed by atoms with Gasteiger partial charge in [0.2, 0.25) is 28.6 Å². The number of imidazole rings is 5. The fourth-order valence-electron chi connectivity index (χ4n) is 16.7. The summed E-state index contributed by atoms with van der Waals surface area (Å²) in [5.41, 5.74) is 23.9. The Labute approximate surface area is 683 Å². The maximum absolute atomic E-state index is 6.28. The Kier molecular flexibility index (Phi) is 20.0. The first kappa shape index (κ1) is 76.7. The summed E-state index contributed by atoms with van der Waals surface area (Å²) in [6.45, 7) is 21.3. The SMILES string of the molecule is Cc1ccc2c(n1)oc1c(-c3n(C)cc[n+]3C)c(C)ccc12.Cc1ccc2c(oc3nc(C(C)C)ccc32)c1-c1n(C)cc[n+]1C.Cc1ccc2c(oc3nc(CC(C)C)ccc32)c1-c1n(C)cc[n+]1C.Cc1ccc2c(oc3ncccc32)c1-c1n(-c2ccccc2)cc[n+]1C.Cc1ccc2c(oc3ncccc32)c1-c1n(C)cc[n+]1C. The summed E-state index contributed by atoms with van der Waals surface area (Å²) in [7, 11) is 18.5. The number of hydrogen-bond acceptors (Lipinski definition) is 10. The topological polar surface area (TPSA) is 174 Å². The molecule has 21 aromatic rings. The van der Waals surface area contributed by atoms with Gasteiger partial charge in [-0.25, -0.2) is 66.0 Å². The van der Waals surface area contributed by atoms with Crippen molar-refractivity contribution in [3.05, 3.63) is 271 Å². The van der Waals surface area contributed by atoms with Crippen molar-refractivity contribution in [2.75, 3.05) is 0 Å². The van der Waals surface area contributed by atoms with Crippen LogP contribution in [0, 0.1) is 47.5 Å². The van der Waals surface area contributed by atoms with Gasteiger partial charge in [-0.2, -0.15) is 4.57 Å². The highest BCUT2D eigenvalue weighted by molar-refractivity contribution is 6.12. The first-order valence-corrected chi connectivity index (χ1v) is 40.0. The van der Waals surface area contributed by atoms with Crippen LogP contribution in [-0.4, -0.2) is 47.8 Å². The zero-order valence-electron chi connectivity index (χ0n) is 70.5. The van der Waals surface area contributed by atoms with Gasteiger partial charge in [0.25, 0.3) is 29.1 Å². The van der Waals surface area contributed by atoms with Gasteiger partial charge >= 0.3 is 0 Å². The lowest BCUT2D eigenvalue weighted by atomic mass is 10.0. The van der Waals surface area contributed by atoms with E-state index in [1.165, 1.54) is 27.8 Å². The third-order valence-corrected chi connectivity index (χ3v) is 22.7. The number of pyridine rings is 5. The number of benzene rings is 6. The van der Waals surface area contributed by atoms with Crippen molar-refractivity contribution in [2.24, 2.45) is 69.3 Å². The van der Waals surface area contributed by atoms with Crippen LogP contribution in [0.4, 0.5) is 0 Å². The second kappa shape index (κ2) is 30.7. The predicted molar refractivity (Wildman–Crippen MR) is 467 cm³/mol. The summed E-state index contributed by atoms with van der Waals surface area (Å²) in [6.07, 6.45) is 25.1. The molecule has 0 saturated heterocycles. The molecule has 0 atom stereocenters. The monoisotopic (exact) mass is 1560 g/mol. The number of aromatic nitrogens is 15. The first-order valence-electron chi connectivity index (χ1n) is 40.0. The van der Waals surface area contributed by atoms with E-state index in [0.29, 0.717) is 29.0 Å². The lowest BCUT2D eigenvalue weighted by Crippen LogP contribution is -2.29. The zero-order chi connectivity index (χ0) is 82.4. The number of fused-ring (bicyclic) bond motifs is 15. The summed E-state index contributed by atoms with van der Waals surface area (Å²) in [4.78, 5) is 22.8. The van der Waals surface area contributed by atoms with Crippen LogP contribution in [0.2, 0.25) is 0 Å². The minimum absolute atomic E-state index is 0.384. The fraction of sp³-hybridized carbons (Fsp3) is 0.224. The largest absolute Gasteiger partial charge is 0.437 e. The molecule has 0 unspecified atom stereocenters. The number of para-hydroxylation sites is 1. The second-order valence-electron chi connectivity index (χ2n) is 32.0. The van der Waals surface area contributed by atoms with E-state index in [-0.39, 0.29) is 0 Å². The lowest BCUT2D eigenvalue weighted by molar-refractivity contribution is -0.659. The molecule has 15 heterocycles. The molecule has 0 bridgehead atoms. The van der Waals surface area contributed by atoms with E-state index in [9.17, 15) is 0 Å². The van der Waals surface area contributed by atoms with Crippen molar-refractivity contribution in [3.63, 3.8) is 0 Å². The molecule has 15 aromatic heterocycles. The van der Waals surface area contributed by atoms with Gasteiger partial charge in [0.05, 0.1) is 63.4 Å². The zero-order valence-corrected chi connectivity index (χ0v) is 70.5. The van der Waals surface area contributed by atoms with Crippen LogP contribution in [0.25, 0.3) is 173 Å². The number of aryl methyl sites for hydroxylation is 15. The number of hydrogen-bond donors (Lipinski definition) is 0. The maximum atomic E-state index is 6.28. The van der Waals surface area contributed by atoms with Crippen LogP contribution < -0.4 is 22.8 Å². The summed E-state index contributed by atoms with van der Waals surface area (Å²) in [5, 5.41) is 10.9. The minimum atomic E-state index is 0.384. The van der Waals surface area contributed by atoms with Gasteiger partial charge in [-0.3, -0.25) is 0 Å². The Morgan fingerprint density at radius 3 is 1.01 bits per heavy atom. The Hall–Kier alpha value is -13.9. The average molecular weight is 1570 g/mol. The van der Waals surface area contributed by atoms with Crippen molar-refractivity contribution in [2.45, 2.75) is 81.6 Å². The van der Waals surface area contributed by atoms with Crippen LogP contribution in [-0.2, 0) is 69.8 Å². The third kappa shape index (κ3) is 13.6. The van der Waals surface area contributed by atoms with E-state index in [0.717, 1.165) is 179 Å². The normalized spacial score (nSPS) is 11.7.